The van der Waals surface area contributed by atoms with E-state index in [1.807, 2.05) is 12.1 Å². The molecule has 1 aromatic rings. The summed E-state index contributed by atoms with van der Waals surface area (Å²) in [6.45, 7) is 4.22. The lowest BCUT2D eigenvalue weighted by Crippen LogP contribution is -1.94. The van der Waals surface area contributed by atoms with E-state index in [-0.39, 0.29) is 0 Å². The van der Waals surface area contributed by atoms with Gasteiger partial charge in [-0.3, -0.25) is 0 Å². The topological polar surface area (TPSA) is 26.0 Å². The fraction of sp³-hybridized carbons (Fsp3) is 0.333. The molecule has 0 amide bonds. The van der Waals surface area contributed by atoms with Gasteiger partial charge in [-0.05, 0) is 30.5 Å². The minimum atomic E-state index is 0.919. The zero-order valence-electron chi connectivity index (χ0n) is 6.52. The fourth-order valence-corrected chi connectivity index (χ4v) is 1.21. The summed E-state index contributed by atoms with van der Waals surface area (Å²) < 4.78 is 0. The summed E-state index contributed by atoms with van der Waals surface area (Å²) in [7, 11) is 0. The minimum Gasteiger partial charge on any atom is -0.398 e. The van der Waals surface area contributed by atoms with Crippen LogP contribution in [0.3, 0.4) is 0 Å². The zero-order chi connectivity index (χ0) is 7.56. The molecule has 1 rings (SSSR count). The summed E-state index contributed by atoms with van der Waals surface area (Å²) >= 11 is 0. The molecule has 0 bridgehead atoms. The zero-order valence-corrected chi connectivity index (χ0v) is 6.52. The predicted molar refractivity (Wildman–Crippen MR) is 45.0 cm³/mol. The Morgan fingerprint density at radius 1 is 1.40 bits per heavy atom. The van der Waals surface area contributed by atoms with Crippen molar-refractivity contribution in [2.45, 2.75) is 20.3 Å². The highest BCUT2D eigenvalue weighted by Crippen LogP contribution is 2.15. The summed E-state index contributed by atoms with van der Waals surface area (Å²) in [4.78, 5) is 0. The normalized spacial score (nSPS) is 9.80. The Morgan fingerprint density at radius 3 is 2.50 bits per heavy atom. The molecule has 0 aromatic heterocycles. The van der Waals surface area contributed by atoms with Crippen molar-refractivity contribution in [3.8, 4) is 0 Å². The van der Waals surface area contributed by atoms with Gasteiger partial charge in [-0.15, -0.1) is 0 Å². The quantitative estimate of drug-likeness (QED) is 0.586. The maximum Gasteiger partial charge on any atom is 0.0349 e. The number of hydrogen-bond acceptors (Lipinski definition) is 1. The highest BCUT2D eigenvalue weighted by Gasteiger charge is 1.97. The third-order valence-electron chi connectivity index (χ3n) is 1.80. The lowest BCUT2D eigenvalue weighted by Gasteiger charge is -2.04. The van der Waals surface area contributed by atoms with E-state index in [9.17, 15) is 0 Å². The van der Waals surface area contributed by atoms with Crippen LogP contribution >= 0.6 is 0 Å². The Labute approximate surface area is 61.9 Å². The Morgan fingerprint density at radius 2 is 2.10 bits per heavy atom. The van der Waals surface area contributed by atoms with E-state index < -0.39 is 0 Å². The molecule has 0 atom stereocenters. The molecule has 0 aliphatic heterocycles. The molecular formula is C9H13N. The van der Waals surface area contributed by atoms with Gasteiger partial charge in [0.2, 0.25) is 0 Å². The van der Waals surface area contributed by atoms with Crippen LogP contribution < -0.4 is 5.73 Å². The van der Waals surface area contributed by atoms with E-state index in [2.05, 4.69) is 19.9 Å². The van der Waals surface area contributed by atoms with E-state index >= 15 is 0 Å². The third-order valence-corrected chi connectivity index (χ3v) is 1.80. The van der Waals surface area contributed by atoms with Crippen LogP contribution in [-0.2, 0) is 6.42 Å². The van der Waals surface area contributed by atoms with Crippen LogP contribution in [0.1, 0.15) is 18.1 Å². The number of anilines is 1. The molecule has 0 aliphatic rings. The van der Waals surface area contributed by atoms with E-state index in [1.54, 1.807) is 0 Å². The molecule has 0 radical (unpaired) electrons. The summed E-state index contributed by atoms with van der Waals surface area (Å²) in [6, 6.07) is 6.03. The second-order valence-corrected chi connectivity index (χ2v) is 2.50. The second-order valence-electron chi connectivity index (χ2n) is 2.50. The molecule has 0 fully saturated rings. The summed E-state index contributed by atoms with van der Waals surface area (Å²) in [5, 5.41) is 0. The number of aryl methyl sites for hydroxylation is 1. The van der Waals surface area contributed by atoms with Crippen molar-refractivity contribution >= 4 is 5.69 Å². The first-order chi connectivity index (χ1) is 4.75. The minimum absolute atomic E-state index is 0.919. The molecule has 1 nitrogen and oxygen atoms in total. The van der Waals surface area contributed by atoms with E-state index in [0.29, 0.717) is 0 Å². The van der Waals surface area contributed by atoms with Gasteiger partial charge in [0, 0.05) is 5.69 Å². The maximum atomic E-state index is 5.73. The van der Waals surface area contributed by atoms with Gasteiger partial charge in [0.1, 0.15) is 0 Å². The molecule has 2 N–H and O–H groups in total. The van der Waals surface area contributed by atoms with Crippen LogP contribution in [0.5, 0.6) is 0 Å². The summed E-state index contributed by atoms with van der Waals surface area (Å²) in [5.74, 6) is 0. The average Bonchev–Trinajstić information content (AvgIpc) is 1.88. The van der Waals surface area contributed by atoms with Crippen molar-refractivity contribution in [3.05, 3.63) is 29.3 Å². The number of rotatable bonds is 1. The Bertz CT molecular complexity index is 208. The molecule has 10 heavy (non-hydrogen) atoms. The van der Waals surface area contributed by atoms with Crippen molar-refractivity contribution in [2.75, 3.05) is 5.73 Å². The molecule has 0 aliphatic carbocycles. The van der Waals surface area contributed by atoms with Gasteiger partial charge in [0.25, 0.3) is 0 Å². The smallest absolute Gasteiger partial charge is 0.0349 e. The van der Waals surface area contributed by atoms with Crippen LogP contribution in [0.4, 0.5) is 5.69 Å². The Hall–Kier alpha value is -0.980. The monoisotopic (exact) mass is 135 g/mol. The molecule has 0 heterocycles. The number of nitrogen functional groups attached to an aromatic ring is 1. The van der Waals surface area contributed by atoms with Gasteiger partial charge in [-0.25, -0.2) is 0 Å². The van der Waals surface area contributed by atoms with Gasteiger partial charge >= 0.3 is 0 Å². The number of benzene rings is 1. The van der Waals surface area contributed by atoms with Crippen LogP contribution in [0.25, 0.3) is 0 Å². The van der Waals surface area contributed by atoms with Gasteiger partial charge in [0.05, 0.1) is 0 Å². The number of nitrogens with two attached hydrogens (primary N) is 1. The standard InChI is InChI=1S/C9H13N/c1-3-8-7(2)5-4-6-9(8)10/h4-6H,3,10H2,1-2H3. The molecule has 1 heteroatoms. The van der Waals surface area contributed by atoms with Crippen molar-refractivity contribution < 1.29 is 0 Å². The van der Waals surface area contributed by atoms with Crippen LogP contribution in [0.2, 0.25) is 0 Å². The third kappa shape index (κ3) is 1.13. The predicted octanol–water partition coefficient (Wildman–Crippen LogP) is 2.14. The number of hydrogen-bond donors (Lipinski definition) is 1. The first-order valence-electron chi connectivity index (χ1n) is 3.59. The molecule has 0 spiro atoms. The van der Waals surface area contributed by atoms with Crippen molar-refractivity contribution in [3.63, 3.8) is 0 Å². The SMILES string of the molecule is CCc1c(C)cccc1N. The second kappa shape index (κ2) is 2.74. The molecule has 0 unspecified atom stereocenters. The lowest BCUT2D eigenvalue weighted by atomic mass is 10.1. The molecule has 0 saturated carbocycles. The van der Waals surface area contributed by atoms with Gasteiger partial charge in [-0.2, -0.15) is 0 Å². The summed E-state index contributed by atoms with van der Waals surface area (Å²) in [5.41, 5.74) is 9.22. The average molecular weight is 135 g/mol. The highest BCUT2D eigenvalue weighted by atomic mass is 14.6. The Kier molecular flexibility index (Phi) is 1.95. The van der Waals surface area contributed by atoms with E-state index in [1.165, 1.54) is 11.1 Å². The highest BCUT2D eigenvalue weighted by molar-refractivity contribution is 5.50. The summed E-state index contributed by atoms with van der Waals surface area (Å²) in [6.07, 6.45) is 1.03. The maximum absolute atomic E-state index is 5.73. The molecule has 1 aromatic carbocycles. The van der Waals surface area contributed by atoms with E-state index in [0.717, 1.165) is 12.1 Å². The first-order valence-corrected chi connectivity index (χ1v) is 3.59. The first kappa shape index (κ1) is 7.13. The molecular weight excluding hydrogens is 122 g/mol. The van der Waals surface area contributed by atoms with Gasteiger partial charge in [0.15, 0.2) is 0 Å². The van der Waals surface area contributed by atoms with Crippen molar-refractivity contribution in [2.24, 2.45) is 0 Å². The van der Waals surface area contributed by atoms with Gasteiger partial charge < -0.3 is 5.73 Å². The molecule has 0 saturated heterocycles. The van der Waals surface area contributed by atoms with Crippen LogP contribution in [-0.4, -0.2) is 0 Å². The largest absolute Gasteiger partial charge is 0.398 e. The fourth-order valence-electron chi connectivity index (χ4n) is 1.21. The van der Waals surface area contributed by atoms with E-state index in [4.69, 9.17) is 5.73 Å². The van der Waals surface area contributed by atoms with Gasteiger partial charge in [-0.1, -0.05) is 19.1 Å². The van der Waals surface area contributed by atoms with Crippen molar-refractivity contribution in [1.82, 2.24) is 0 Å². The van der Waals surface area contributed by atoms with Crippen molar-refractivity contribution in [1.29, 1.82) is 0 Å². The molecule has 54 valence electrons. The Balaban J connectivity index is 3.17. The van der Waals surface area contributed by atoms with Crippen LogP contribution in [0.15, 0.2) is 18.2 Å². The lowest BCUT2D eigenvalue weighted by molar-refractivity contribution is 1.11. The van der Waals surface area contributed by atoms with Crippen LogP contribution in [0, 0.1) is 6.92 Å².